The van der Waals surface area contributed by atoms with E-state index in [9.17, 15) is 0 Å². The van der Waals surface area contributed by atoms with E-state index in [1.54, 1.807) is 0 Å². The molecule has 0 aromatic heterocycles. The lowest BCUT2D eigenvalue weighted by molar-refractivity contribution is 0.288. The van der Waals surface area contributed by atoms with E-state index in [1.165, 1.54) is 22.3 Å². The van der Waals surface area contributed by atoms with Crippen LogP contribution in [0.4, 0.5) is 0 Å². The smallest absolute Gasteiger partial charge is 0.0256 e. The second-order valence-electron chi connectivity index (χ2n) is 8.11. The Morgan fingerprint density at radius 1 is 1.21 bits per heavy atom. The molecule has 0 saturated carbocycles. The van der Waals surface area contributed by atoms with Crippen LogP contribution >= 0.6 is 0 Å². The van der Waals surface area contributed by atoms with Crippen LogP contribution in [-0.2, 0) is 6.54 Å². The highest BCUT2D eigenvalue weighted by atomic mass is 15.1. The fourth-order valence-electron chi connectivity index (χ4n) is 3.15. The number of likely N-dealkylation sites (N-methyl/N-ethyl adjacent to an activating group) is 1. The molecule has 1 aromatic rings. The summed E-state index contributed by atoms with van der Waals surface area (Å²) in [5.41, 5.74) is 6.01. The van der Waals surface area contributed by atoms with E-state index in [-0.39, 0.29) is 5.41 Å². The molecule has 0 bridgehead atoms. The summed E-state index contributed by atoms with van der Waals surface area (Å²) in [4.78, 5) is 2.41. The number of hydrogen-bond acceptors (Lipinski definition) is 1. The van der Waals surface area contributed by atoms with Crippen LogP contribution < -0.4 is 0 Å². The van der Waals surface area contributed by atoms with E-state index in [4.69, 9.17) is 0 Å². The summed E-state index contributed by atoms with van der Waals surface area (Å²) in [6, 6.07) is 11.1. The van der Waals surface area contributed by atoms with Crippen molar-refractivity contribution in [1.29, 1.82) is 0 Å². The normalized spacial score (nSPS) is 17.5. The largest absolute Gasteiger partial charge is 0.296 e. The van der Waals surface area contributed by atoms with Gasteiger partial charge in [0, 0.05) is 12.6 Å². The Morgan fingerprint density at radius 2 is 1.88 bits per heavy atom. The highest BCUT2D eigenvalue weighted by Gasteiger charge is 2.18. The third-order valence-corrected chi connectivity index (χ3v) is 4.94. The fourth-order valence-corrected chi connectivity index (χ4v) is 3.15. The molecule has 24 heavy (non-hydrogen) atoms. The maximum atomic E-state index is 2.42. The quantitative estimate of drug-likeness (QED) is 0.628. The maximum Gasteiger partial charge on any atom is 0.0256 e. The van der Waals surface area contributed by atoms with Gasteiger partial charge in [-0.3, -0.25) is 4.90 Å². The zero-order chi connectivity index (χ0) is 17.7. The predicted molar refractivity (Wildman–Crippen MR) is 106 cm³/mol. The molecule has 1 nitrogen and oxygen atoms in total. The van der Waals surface area contributed by atoms with Gasteiger partial charge >= 0.3 is 0 Å². The highest BCUT2D eigenvalue weighted by Crippen LogP contribution is 2.33. The summed E-state index contributed by atoms with van der Waals surface area (Å²) < 4.78 is 0. The predicted octanol–water partition coefficient (Wildman–Crippen LogP) is 6.15. The molecule has 0 radical (unpaired) electrons. The van der Waals surface area contributed by atoms with Crippen LogP contribution in [0.2, 0.25) is 0 Å². The summed E-state index contributed by atoms with van der Waals surface area (Å²) >= 11 is 0. The summed E-state index contributed by atoms with van der Waals surface area (Å²) in [6.07, 6.45) is 9.57. The van der Waals surface area contributed by atoms with Gasteiger partial charge in [-0.05, 0) is 55.9 Å². The first-order valence-corrected chi connectivity index (χ1v) is 9.11. The Morgan fingerprint density at radius 3 is 2.50 bits per heavy atom. The second kappa shape index (κ2) is 7.98. The Labute approximate surface area is 148 Å². The van der Waals surface area contributed by atoms with Crippen molar-refractivity contribution in [3.63, 3.8) is 0 Å². The first-order valence-electron chi connectivity index (χ1n) is 9.11. The van der Waals surface area contributed by atoms with Gasteiger partial charge in [0.1, 0.15) is 0 Å². The zero-order valence-electron chi connectivity index (χ0n) is 16.3. The van der Waals surface area contributed by atoms with Crippen LogP contribution in [0.5, 0.6) is 0 Å². The molecule has 1 aliphatic rings. The fraction of sp³-hybridized carbons (Fsp3) is 0.478. The molecular weight excluding hydrogens is 290 g/mol. The van der Waals surface area contributed by atoms with E-state index in [0.717, 1.165) is 19.4 Å². The molecular formula is C23H33N. The number of nitrogens with zero attached hydrogens (tertiary/aromatic N) is 1. The minimum atomic E-state index is 0.238. The Hall–Kier alpha value is -1.60. The van der Waals surface area contributed by atoms with E-state index in [2.05, 4.69) is 95.1 Å². The molecule has 0 saturated heterocycles. The van der Waals surface area contributed by atoms with Gasteiger partial charge < -0.3 is 0 Å². The first kappa shape index (κ1) is 18.7. The van der Waals surface area contributed by atoms with Crippen LogP contribution in [-0.4, -0.2) is 18.0 Å². The van der Waals surface area contributed by atoms with Crippen molar-refractivity contribution < 1.29 is 0 Å². The number of benzene rings is 1. The van der Waals surface area contributed by atoms with Crippen molar-refractivity contribution in [3.8, 4) is 0 Å². The van der Waals surface area contributed by atoms with Crippen molar-refractivity contribution in [2.24, 2.45) is 5.41 Å². The maximum absolute atomic E-state index is 2.42. The lowest BCUT2D eigenvalue weighted by Gasteiger charge is -2.26. The lowest BCUT2D eigenvalue weighted by atomic mass is 9.80. The highest BCUT2D eigenvalue weighted by molar-refractivity contribution is 5.41. The van der Waals surface area contributed by atoms with Crippen molar-refractivity contribution in [2.45, 2.75) is 60.0 Å². The van der Waals surface area contributed by atoms with E-state index in [1.807, 2.05) is 0 Å². The number of hydrogen-bond donors (Lipinski definition) is 0. The molecule has 1 unspecified atom stereocenters. The average Bonchev–Trinajstić information content (AvgIpc) is 2.55. The van der Waals surface area contributed by atoms with Gasteiger partial charge in [-0.25, -0.2) is 0 Å². The second-order valence-corrected chi connectivity index (χ2v) is 8.11. The van der Waals surface area contributed by atoms with Crippen LogP contribution in [0.1, 0.15) is 53.0 Å². The minimum Gasteiger partial charge on any atom is -0.296 e. The summed E-state index contributed by atoms with van der Waals surface area (Å²) in [5.74, 6) is 0. The molecule has 0 heterocycles. The molecule has 1 heteroatoms. The third kappa shape index (κ3) is 5.21. The molecule has 0 N–H and O–H groups in total. The molecule has 0 fully saturated rings. The standard InChI is InChI=1S/C23H33N/c1-18(21-13-10-14-22(16-21)23(3,4)5)15-19(2)24(6)17-20-11-8-7-9-12-20/h7-9,11-12,14-16,19H,10,13,17H2,1-6H3/b18-15+. The van der Waals surface area contributed by atoms with E-state index < -0.39 is 0 Å². The summed E-state index contributed by atoms with van der Waals surface area (Å²) in [6.45, 7) is 12.4. The number of rotatable bonds is 5. The van der Waals surface area contributed by atoms with Crippen LogP contribution in [0, 0.1) is 5.41 Å². The monoisotopic (exact) mass is 323 g/mol. The van der Waals surface area contributed by atoms with Gasteiger partial charge in [0.15, 0.2) is 0 Å². The van der Waals surface area contributed by atoms with Crippen LogP contribution in [0.25, 0.3) is 0 Å². The van der Waals surface area contributed by atoms with Gasteiger partial charge in [-0.1, -0.05) is 74.9 Å². The zero-order valence-corrected chi connectivity index (χ0v) is 16.3. The van der Waals surface area contributed by atoms with Crippen LogP contribution in [0.15, 0.2) is 65.3 Å². The van der Waals surface area contributed by atoms with Gasteiger partial charge in [0.05, 0.1) is 0 Å². The van der Waals surface area contributed by atoms with Crippen molar-refractivity contribution >= 4 is 0 Å². The van der Waals surface area contributed by atoms with Gasteiger partial charge in [0.2, 0.25) is 0 Å². The summed E-state index contributed by atoms with van der Waals surface area (Å²) in [7, 11) is 2.21. The minimum absolute atomic E-state index is 0.238. The molecule has 2 rings (SSSR count). The molecule has 1 atom stereocenters. The topological polar surface area (TPSA) is 3.24 Å². The van der Waals surface area contributed by atoms with Gasteiger partial charge in [-0.2, -0.15) is 0 Å². The lowest BCUT2D eigenvalue weighted by Crippen LogP contribution is -2.27. The summed E-state index contributed by atoms with van der Waals surface area (Å²) in [5, 5.41) is 0. The molecule has 1 aromatic carbocycles. The van der Waals surface area contributed by atoms with Gasteiger partial charge in [-0.15, -0.1) is 0 Å². The van der Waals surface area contributed by atoms with Crippen molar-refractivity contribution in [2.75, 3.05) is 7.05 Å². The molecule has 1 aliphatic carbocycles. The molecule has 0 aliphatic heterocycles. The average molecular weight is 324 g/mol. The Kier molecular flexibility index (Phi) is 6.23. The molecule has 130 valence electrons. The SMILES string of the molecule is C/C(=C\C(C)N(C)Cc1ccccc1)C1=CC(C(C)(C)C)=CCC1. The van der Waals surface area contributed by atoms with E-state index >= 15 is 0 Å². The Balaban J connectivity index is 2.06. The van der Waals surface area contributed by atoms with Crippen molar-refractivity contribution in [3.05, 3.63) is 70.8 Å². The van der Waals surface area contributed by atoms with E-state index in [0.29, 0.717) is 6.04 Å². The Bertz CT molecular complexity index is 626. The molecule has 0 amide bonds. The third-order valence-electron chi connectivity index (χ3n) is 4.94. The van der Waals surface area contributed by atoms with Gasteiger partial charge in [0.25, 0.3) is 0 Å². The van der Waals surface area contributed by atoms with Crippen LogP contribution in [0.3, 0.4) is 0 Å². The number of allylic oxidation sites excluding steroid dienone is 5. The van der Waals surface area contributed by atoms with Crippen molar-refractivity contribution in [1.82, 2.24) is 4.90 Å². The molecule has 0 spiro atoms. The first-order chi connectivity index (χ1) is 11.3.